The predicted octanol–water partition coefficient (Wildman–Crippen LogP) is 18.5. The largest absolute Gasteiger partial charge is 0.466 e. The number of hydrogen-bond donors (Lipinski definition) is 6. The molecule has 11 nitrogen and oxygen atoms in total. The van der Waals surface area contributed by atoms with Gasteiger partial charge in [0.2, 0.25) is 5.91 Å². The van der Waals surface area contributed by atoms with Crippen LogP contribution < -0.4 is 5.32 Å². The van der Waals surface area contributed by atoms with Crippen LogP contribution in [-0.2, 0) is 23.8 Å². The highest BCUT2D eigenvalue weighted by atomic mass is 16.7. The SMILES string of the molecule is CCC/C=C/CC/C=C/CC/C=C/C(O)C(COC1OC(CO)C(O)C(O)C1O)NC(=O)CCCCCCCCCCCCCCCCCCC/C=C\C/C=C\CCCCCCCCCCCOC(=O)CCCCCCC/C=C\C/C=C\CCCC. The zero-order chi connectivity index (χ0) is 62.3. The Balaban J connectivity index is 1.94. The summed E-state index contributed by atoms with van der Waals surface area (Å²) >= 11 is 0. The summed E-state index contributed by atoms with van der Waals surface area (Å²) in [5.41, 5.74) is 0. The minimum Gasteiger partial charge on any atom is -0.466 e. The lowest BCUT2D eigenvalue weighted by molar-refractivity contribution is -0.302. The van der Waals surface area contributed by atoms with Gasteiger partial charge in [-0.05, 0) is 109 Å². The van der Waals surface area contributed by atoms with Crippen molar-refractivity contribution >= 4 is 11.9 Å². The molecule has 0 aliphatic carbocycles. The van der Waals surface area contributed by atoms with E-state index in [0.717, 1.165) is 89.9 Å². The second-order valence-electron chi connectivity index (χ2n) is 24.6. The molecule has 1 saturated heterocycles. The molecule has 1 fully saturated rings. The van der Waals surface area contributed by atoms with Gasteiger partial charge in [0.1, 0.15) is 24.4 Å². The molecule has 1 aliphatic heterocycles. The summed E-state index contributed by atoms with van der Waals surface area (Å²) in [5.74, 6) is -0.205. The van der Waals surface area contributed by atoms with Crippen molar-refractivity contribution in [3.05, 3.63) is 85.1 Å². The minimum absolute atomic E-state index is 0.00884. The molecular weight excluding hydrogens is 1070 g/mol. The Labute approximate surface area is 527 Å². The first kappa shape index (κ1) is 80.9. The van der Waals surface area contributed by atoms with Crippen LogP contribution >= 0.6 is 0 Å². The van der Waals surface area contributed by atoms with E-state index in [1.807, 2.05) is 6.08 Å². The molecule has 0 bridgehead atoms. The number of hydrogen-bond acceptors (Lipinski definition) is 10. The summed E-state index contributed by atoms with van der Waals surface area (Å²) in [6.45, 7) is 4.21. The third kappa shape index (κ3) is 51.7. The number of carbonyl (C=O) groups is 2. The van der Waals surface area contributed by atoms with Crippen LogP contribution in [0, 0.1) is 0 Å². The normalized spacial score (nSPS) is 18.4. The number of allylic oxidation sites excluding steroid dienone is 13. The standard InChI is InChI=1S/C75H133NO10/c1-3-5-7-9-11-13-15-16-39-43-47-51-55-59-63-71(80)84-64-60-56-52-48-44-40-37-35-33-31-29-27-25-23-21-19-17-18-20-22-24-26-28-30-32-34-36-38-42-46-50-54-58-62-70(79)76-67(66-85-75-74(83)73(82)72(81)69(65-77)86-75)68(78)61-57-53-49-45-41-14-12-10-8-6-4-2/h8-11,15-16,21,23,27,29,41,45,57,61,67-69,72-75,77-78,81-83H,3-7,12-14,17-20,22,24-26,28,30-40,42-44,46-56,58-60,62-66H2,1-2H3,(H,76,79)/b10-8+,11-9-,16-15-,23-21-,29-27-,45-41+,61-57+. The van der Waals surface area contributed by atoms with Crippen molar-refractivity contribution in [2.24, 2.45) is 0 Å². The Morgan fingerprint density at radius 2 is 0.814 bits per heavy atom. The van der Waals surface area contributed by atoms with Gasteiger partial charge in [-0.3, -0.25) is 9.59 Å². The lowest BCUT2D eigenvalue weighted by Crippen LogP contribution is -2.60. The van der Waals surface area contributed by atoms with Gasteiger partial charge in [0.15, 0.2) is 6.29 Å². The van der Waals surface area contributed by atoms with E-state index in [9.17, 15) is 35.1 Å². The van der Waals surface area contributed by atoms with Gasteiger partial charge < -0.3 is 45.1 Å². The molecular formula is C75H133NO10. The van der Waals surface area contributed by atoms with Crippen molar-refractivity contribution in [1.29, 1.82) is 0 Å². The zero-order valence-corrected chi connectivity index (χ0v) is 55.3. The number of unbranched alkanes of at least 4 members (excludes halogenated alkanes) is 36. The van der Waals surface area contributed by atoms with Crippen LogP contribution in [0.3, 0.4) is 0 Å². The fourth-order valence-corrected chi connectivity index (χ4v) is 10.8. The van der Waals surface area contributed by atoms with Gasteiger partial charge in [0, 0.05) is 12.8 Å². The number of amides is 1. The van der Waals surface area contributed by atoms with Gasteiger partial charge in [-0.2, -0.15) is 0 Å². The number of ether oxygens (including phenoxy) is 3. The van der Waals surface area contributed by atoms with Crippen LogP contribution in [0.25, 0.3) is 0 Å². The lowest BCUT2D eigenvalue weighted by Gasteiger charge is -2.40. The van der Waals surface area contributed by atoms with Crippen LogP contribution in [0.15, 0.2) is 85.1 Å². The minimum atomic E-state index is -1.58. The molecule has 1 aliphatic rings. The second kappa shape index (κ2) is 63.4. The molecule has 0 aromatic carbocycles. The van der Waals surface area contributed by atoms with E-state index >= 15 is 0 Å². The second-order valence-corrected chi connectivity index (χ2v) is 24.6. The monoisotopic (exact) mass is 1210 g/mol. The number of aliphatic hydroxyl groups is 5. The fraction of sp³-hybridized carbons (Fsp3) is 0.787. The molecule has 1 heterocycles. The van der Waals surface area contributed by atoms with Gasteiger partial charge in [0.05, 0.1) is 32.0 Å². The number of carbonyl (C=O) groups excluding carboxylic acids is 2. The Kier molecular flexibility index (Phi) is 59.6. The smallest absolute Gasteiger partial charge is 0.305 e. The van der Waals surface area contributed by atoms with E-state index in [4.69, 9.17) is 14.2 Å². The van der Waals surface area contributed by atoms with Crippen molar-refractivity contribution in [2.75, 3.05) is 19.8 Å². The molecule has 0 aromatic rings. The van der Waals surface area contributed by atoms with Crippen molar-refractivity contribution in [2.45, 2.75) is 358 Å². The maximum Gasteiger partial charge on any atom is 0.305 e. The number of nitrogens with one attached hydrogen (secondary N) is 1. The van der Waals surface area contributed by atoms with Gasteiger partial charge in [-0.1, -0.05) is 279 Å². The van der Waals surface area contributed by atoms with Crippen LogP contribution in [0.4, 0.5) is 0 Å². The highest BCUT2D eigenvalue weighted by Gasteiger charge is 2.44. The summed E-state index contributed by atoms with van der Waals surface area (Å²) in [6, 6.07) is -0.834. The summed E-state index contributed by atoms with van der Waals surface area (Å²) < 4.78 is 16.7. The van der Waals surface area contributed by atoms with E-state index in [1.54, 1.807) is 6.08 Å². The zero-order valence-electron chi connectivity index (χ0n) is 55.3. The summed E-state index contributed by atoms with van der Waals surface area (Å²) in [7, 11) is 0. The highest BCUT2D eigenvalue weighted by Crippen LogP contribution is 2.23. The fourth-order valence-electron chi connectivity index (χ4n) is 10.8. The van der Waals surface area contributed by atoms with Gasteiger partial charge in [-0.15, -0.1) is 0 Å². The Hall–Kier alpha value is -3.16. The quantitative estimate of drug-likeness (QED) is 0.0195. The Morgan fingerprint density at radius 3 is 1.26 bits per heavy atom. The average Bonchev–Trinajstić information content (AvgIpc) is 3.52. The summed E-state index contributed by atoms with van der Waals surface area (Å²) in [4.78, 5) is 25.1. The van der Waals surface area contributed by atoms with Gasteiger partial charge in [0.25, 0.3) is 0 Å². The summed E-state index contributed by atoms with van der Waals surface area (Å²) in [5, 5.41) is 54.4. The van der Waals surface area contributed by atoms with Crippen LogP contribution in [0.2, 0.25) is 0 Å². The average molecular weight is 1210 g/mol. The molecule has 86 heavy (non-hydrogen) atoms. The van der Waals surface area contributed by atoms with Crippen LogP contribution in [0.1, 0.15) is 316 Å². The van der Waals surface area contributed by atoms with E-state index in [0.29, 0.717) is 19.4 Å². The molecule has 7 unspecified atom stereocenters. The van der Waals surface area contributed by atoms with Crippen molar-refractivity contribution in [3.63, 3.8) is 0 Å². The molecule has 0 spiro atoms. The number of rotatable bonds is 62. The molecule has 0 aromatic heterocycles. The lowest BCUT2D eigenvalue weighted by atomic mass is 9.99. The van der Waals surface area contributed by atoms with Crippen molar-refractivity contribution in [3.8, 4) is 0 Å². The molecule has 498 valence electrons. The van der Waals surface area contributed by atoms with E-state index in [1.165, 1.54) is 199 Å². The molecule has 0 saturated carbocycles. The molecule has 6 N–H and O–H groups in total. The van der Waals surface area contributed by atoms with E-state index < -0.39 is 49.5 Å². The van der Waals surface area contributed by atoms with E-state index in [-0.39, 0.29) is 18.5 Å². The first-order valence-electron chi connectivity index (χ1n) is 35.9. The number of esters is 1. The first-order chi connectivity index (χ1) is 42.2. The topological polar surface area (TPSA) is 175 Å². The number of aliphatic hydroxyl groups excluding tert-OH is 5. The molecule has 1 rings (SSSR count). The highest BCUT2D eigenvalue weighted by molar-refractivity contribution is 5.76. The molecule has 1 amide bonds. The molecule has 7 atom stereocenters. The predicted molar refractivity (Wildman–Crippen MR) is 361 cm³/mol. The molecule has 0 radical (unpaired) electrons. The maximum absolute atomic E-state index is 13.0. The van der Waals surface area contributed by atoms with Crippen molar-refractivity contribution in [1.82, 2.24) is 5.32 Å². The third-order valence-corrected chi connectivity index (χ3v) is 16.4. The first-order valence-corrected chi connectivity index (χ1v) is 35.9. The van der Waals surface area contributed by atoms with Gasteiger partial charge >= 0.3 is 5.97 Å². The van der Waals surface area contributed by atoms with Crippen LogP contribution in [0.5, 0.6) is 0 Å². The Bertz CT molecular complexity index is 1710. The summed E-state index contributed by atoms with van der Waals surface area (Å²) in [6.07, 6.45) is 77.4. The van der Waals surface area contributed by atoms with Gasteiger partial charge in [-0.25, -0.2) is 0 Å². The van der Waals surface area contributed by atoms with Crippen LogP contribution in [-0.4, -0.2) is 100 Å². The Morgan fingerprint density at radius 1 is 0.430 bits per heavy atom. The maximum atomic E-state index is 13.0. The third-order valence-electron chi connectivity index (χ3n) is 16.4. The molecule has 11 heteroatoms. The van der Waals surface area contributed by atoms with Crippen molar-refractivity contribution < 1.29 is 49.3 Å². The van der Waals surface area contributed by atoms with E-state index in [2.05, 4.69) is 92.1 Å².